The first-order chi connectivity index (χ1) is 16.8. The molecule has 0 amide bonds. The predicted octanol–water partition coefficient (Wildman–Crippen LogP) is 3.90. The number of hydrogen-bond donors (Lipinski definition) is 2. The fraction of sp³-hybridized carbons (Fsp3) is 0.786. The molecule has 2 N–H and O–H groups in total. The minimum absolute atomic E-state index is 0.114. The summed E-state index contributed by atoms with van der Waals surface area (Å²) < 4.78 is 28.1. The average molecular weight is 509 g/mol. The van der Waals surface area contributed by atoms with Crippen LogP contribution >= 0.6 is 0 Å². The summed E-state index contributed by atoms with van der Waals surface area (Å²) in [6.07, 6.45) is 7.74. The number of aliphatic hydroxyl groups is 2. The van der Waals surface area contributed by atoms with E-state index in [0.717, 1.165) is 26.4 Å². The van der Waals surface area contributed by atoms with Crippen molar-refractivity contribution in [3.8, 4) is 0 Å². The zero-order chi connectivity index (χ0) is 27.1. The van der Waals surface area contributed by atoms with E-state index in [1.807, 2.05) is 34.0 Å². The summed E-state index contributed by atoms with van der Waals surface area (Å²) in [4.78, 5) is 12.0. The van der Waals surface area contributed by atoms with E-state index >= 15 is 4.39 Å². The topological polar surface area (TPSA) is 91.6 Å². The van der Waals surface area contributed by atoms with Gasteiger partial charge in [-0.15, -0.1) is 0 Å². The molecule has 0 aromatic rings. The van der Waals surface area contributed by atoms with Crippen LogP contribution in [0, 0.1) is 28.6 Å². The van der Waals surface area contributed by atoms with Gasteiger partial charge in [0.25, 0.3) is 0 Å². The van der Waals surface area contributed by atoms with Crippen molar-refractivity contribution in [1.29, 1.82) is 0 Å². The number of nitrogens with zero attached hydrogens (tertiary/aromatic N) is 2. The maximum Gasteiger partial charge on any atom is 0.178 e. The van der Waals surface area contributed by atoms with Crippen molar-refractivity contribution in [2.24, 2.45) is 33.7 Å². The van der Waals surface area contributed by atoms with Crippen molar-refractivity contribution in [1.82, 2.24) is 5.01 Å². The van der Waals surface area contributed by atoms with Crippen LogP contribution in [0.3, 0.4) is 0 Å². The van der Waals surface area contributed by atoms with Crippen LogP contribution in [0.25, 0.3) is 0 Å². The lowest BCUT2D eigenvalue weighted by Gasteiger charge is -2.60. The summed E-state index contributed by atoms with van der Waals surface area (Å²) >= 11 is 0. The van der Waals surface area contributed by atoms with Crippen molar-refractivity contribution in [2.75, 3.05) is 34.9 Å². The van der Waals surface area contributed by atoms with Gasteiger partial charge in [-0.1, -0.05) is 19.9 Å². The van der Waals surface area contributed by atoms with Gasteiger partial charge in [-0.2, -0.15) is 5.10 Å². The lowest BCUT2D eigenvalue weighted by molar-refractivity contribution is -0.269. The quantitative estimate of drug-likeness (QED) is 0.321. The third-order valence-electron chi connectivity index (χ3n) is 9.51. The Labute approximate surface area is 215 Å². The van der Waals surface area contributed by atoms with Crippen LogP contribution in [-0.2, 0) is 14.3 Å². The maximum absolute atomic E-state index is 15.6. The molecular weight excluding hydrogens is 463 g/mol. The van der Waals surface area contributed by atoms with Crippen molar-refractivity contribution in [3.63, 3.8) is 0 Å². The largest absolute Gasteiger partial charge is 0.400 e. The van der Waals surface area contributed by atoms with Crippen LogP contribution in [0.5, 0.6) is 0 Å². The molecule has 0 saturated heterocycles. The lowest BCUT2D eigenvalue weighted by atomic mass is 9.46. The van der Waals surface area contributed by atoms with E-state index in [2.05, 4.69) is 13.8 Å². The summed E-state index contributed by atoms with van der Waals surface area (Å²) in [5.41, 5.74) is -0.340. The SMILES string of the molecule is CO.COC(C)(C)O[C@]1(/C(CO)=N/N(C)C)CCC2C3C[C@H](F)C4=CC(=O)C=CC4(C)[C@H]3CCC21C. The standard InChI is InChI=1S/C27H41FN2O4.CH4O/c1-24(2,33-7)34-27(23(16-31)29-30(5)6)13-10-20-18-15-22(28)21-14-17(32)8-11-25(21,3)19(18)9-12-26(20,27)4;1-2/h8,11,14,18-20,22,31H,9-10,12-13,15-16H2,1-7H3;2H,1H3/b29-23+;/t18?,19-,20?,22-,25?,26?,27-;/m0./s1. The van der Waals surface area contributed by atoms with Gasteiger partial charge in [0.2, 0.25) is 0 Å². The van der Waals surface area contributed by atoms with Gasteiger partial charge in [-0.05, 0) is 81.4 Å². The molecule has 3 fully saturated rings. The van der Waals surface area contributed by atoms with Crippen LogP contribution in [0.4, 0.5) is 4.39 Å². The molecule has 0 aliphatic heterocycles. The van der Waals surface area contributed by atoms with E-state index in [1.165, 1.54) is 6.08 Å². The second kappa shape index (κ2) is 10.3. The van der Waals surface area contributed by atoms with Gasteiger partial charge < -0.3 is 24.7 Å². The molecule has 7 atom stereocenters. The fourth-order valence-electron chi connectivity index (χ4n) is 7.84. The number of halogens is 1. The zero-order valence-electron chi connectivity index (χ0n) is 23.2. The Bertz CT molecular complexity index is 931. The molecular formula is C28H45FN2O5. The van der Waals surface area contributed by atoms with Crippen LogP contribution in [-0.4, -0.2) is 79.2 Å². The molecule has 0 bridgehead atoms. The van der Waals surface area contributed by atoms with Crippen LogP contribution in [0.15, 0.2) is 28.9 Å². The molecule has 204 valence electrons. The molecule has 0 radical (unpaired) electrons. The maximum atomic E-state index is 15.6. The highest BCUT2D eigenvalue weighted by atomic mass is 19.1. The van der Waals surface area contributed by atoms with Crippen molar-refractivity contribution >= 4 is 11.5 Å². The Morgan fingerprint density at radius 1 is 1.22 bits per heavy atom. The molecule has 3 saturated carbocycles. The smallest absolute Gasteiger partial charge is 0.178 e. The van der Waals surface area contributed by atoms with Gasteiger partial charge in [0, 0.05) is 39.1 Å². The highest BCUT2D eigenvalue weighted by molar-refractivity contribution is 6.01. The zero-order valence-corrected chi connectivity index (χ0v) is 23.2. The number of ketones is 1. The molecule has 7 nitrogen and oxygen atoms in total. The molecule has 0 spiro atoms. The van der Waals surface area contributed by atoms with Crippen LogP contribution < -0.4 is 0 Å². The van der Waals surface area contributed by atoms with Crippen LogP contribution in [0.1, 0.15) is 59.8 Å². The van der Waals surface area contributed by atoms with Gasteiger partial charge in [0.1, 0.15) is 11.8 Å². The van der Waals surface area contributed by atoms with E-state index < -0.39 is 23.0 Å². The summed E-state index contributed by atoms with van der Waals surface area (Å²) in [6, 6.07) is 0. The van der Waals surface area contributed by atoms with E-state index in [-0.39, 0.29) is 35.6 Å². The van der Waals surface area contributed by atoms with E-state index in [0.29, 0.717) is 24.1 Å². The van der Waals surface area contributed by atoms with Crippen molar-refractivity contribution < 1.29 is 28.9 Å². The molecule has 4 unspecified atom stereocenters. The molecule has 4 aliphatic carbocycles. The van der Waals surface area contributed by atoms with Gasteiger partial charge in [-0.3, -0.25) is 4.79 Å². The lowest BCUT2D eigenvalue weighted by Crippen LogP contribution is -2.62. The summed E-state index contributed by atoms with van der Waals surface area (Å²) in [5.74, 6) is -0.357. The molecule has 4 rings (SSSR count). The molecule has 8 heteroatoms. The fourth-order valence-corrected chi connectivity index (χ4v) is 7.84. The highest BCUT2D eigenvalue weighted by Crippen LogP contribution is 2.68. The van der Waals surface area contributed by atoms with Crippen molar-refractivity contribution in [3.05, 3.63) is 23.8 Å². The Morgan fingerprint density at radius 3 is 2.44 bits per heavy atom. The Kier molecular flexibility index (Phi) is 8.26. The number of hydrogen-bond acceptors (Lipinski definition) is 7. The molecule has 0 heterocycles. The minimum atomic E-state index is -1.12. The third-order valence-corrected chi connectivity index (χ3v) is 9.51. The Hall–Kier alpha value is -1.61. The monoisotopic (exact) mass is 508 g/mol. The predicted molar refractivity (Wildman–Crippen MR) is 138 cm³/mol. The number of fused-ring (bicyclic) bond motifs is 5. The van der Waals surface area contributed by atoms with Gasteiger partial charge in [0.15, 0.2) is 11.6 Å². The van der Waals surface area contributed by atoms with Gasteiger partial charge >= 0.3 is 0 Å². The normalized spacial score (nSPS) is 39.9. The molecule has 4 aliphatic rings. The summed E-state index contributed by atoms with van der Waals surface area (Å²) in [7, 11) is 6.31. The number of alkyl halides is 1. The number of rotatable bonds is 6. The minimum Gasteiger partial charge on any atom is -0.400 e. The number of hydrazone groups is 1. The molecule has 0 aromatic heterocycles. The Balaban J connectivity index is 0.00000176. The van der Waals surface area contributed by atoms with Crippen molar-refractivity contribution in [2.45, 2.75) is 77.4 Å². The Morgan fingerprint density at radius 2 is 1.86 bits per heavy atom. The second-order valence-electron chi connectivity index (χ2n) is 11.8. The van der Waals surface area contributed by atoms with E-state index in [9.17, 15) is 9.90 Å². The average Bonchev–Trinajstić information content (AvgIpc) is 3.12. The van der Waals surface area contributed by atoms with Crippen LogP contribution in [0.2, 0.25) is 0 Å². The highest BCUT2D eigenvalue weighted by Gasteiger charge is 2.68. The van der Waals surface area contributed by atoms with Gasteiger partial charge in [0.05, 0.1) is 12.3 Å². The first kappa shape index (κ1) is 29.0. The molecule has 36 heavy (non-hydrogen) atoms. The number of ether oxygens (including phenoxy) is 2. The second-order valence-corrected chi connectivity index (χ2v) is 11.8. The summed E-state index contributed by atoms with van der Waals surface area (Å²) in [5, 5.41) is 23.9. The number of carbonyl (C=O) groups is 1. The van der Waals surface area contributed by atoms with E-state index in [4.69, 9.17) is 19.7 Å². The van der Waals surface area contributed by atoms with E-state index in [1.54, 1.807) is 18.2 Å². The van der Waals surface area contributed by atoms with Gasteiger partial charge in [-0.25, -0.2) is 4.39 Å². The third kappa shape index (κ3) is 4.48. The number of carbonyl (C=O) groups excluding carboxylic acids is 1. The number of aliphatic hydroxyl groups excluding tert-OH is 2. The first-order valence-corrected chi connectivity index (χ1v) is 13.0. The summed E-state index contributed by atoms with van der Waals surface area (Å²) in [6.45, 7) is 7.92. The molecule has 0 aromatic carbocycles. The number of allylic oxidation sites excluding steroid dienone is 4. The first-order valence-electron chi connectivity index (χ1n) is 13.0. The number of methoxy groups -OCH3 is 1.